The van der Waals surface area contributed by atoms with E-state index in [9.17, 15) is 9.90 Å². The molecule has 1 amide bonds. The van der Waals surface area contributed by atoms with Crippen LogP contribution in [-0.2, 0) is 4.79 Å². The van der Waals surface area contributed by atoms with Crippen LogP contribution in [0.1, 0.15) is 11.6 Å². The Balaban J connectivity index is 2.79. The van der Waals surface area contributed by atoms with E-state index < -0.39 is 18.1 Å². The Kier molecular flexibility index (Phi) is 3.00. The van der Waals surface area contributed by atoms with Gasteiger partial charge in [-0.2, -0.15) is 0 Å². The predicted molar refractivity (Wildman–Crippen MR) is 48.6 cm³/mol. The highest BCUT2D eigenvalue weighted by Gasteiger charge is 2.21. The normalized spacial score (nSPS) is 14.9. The van der Waals surface area contributed by atoms with Crippen LogP contribution >= 0.6 is 0 Å². The Morgan fingerprint density at radius 3 is 2.31 bits per heavy atom. The smallest absolute Gasteiger partial charge is 0.248 e. The molecule has 1 rings (SSSR count). The molecule has 70 valence electrons. The zero-order valence-corrected chi connectivity index (χ0v) is 7.05. The maximum atomic E-state index is 10.6. The van der Waals surface area contributed by atoms with E-state index in [-0.39, 0.29) is 0 Å². The zero-order chi connectivity index (χ0) is 9.84. The van der Waals surface area contributed by atoms with Gasteiger partial charge in [0.25, 0.3) is 0 Å². The minimum absolute atomic E-state index is 0.689. The molecule has 4 heteroatoms. The van der Waals surface area contributed by atoms with Gasteiger partial charge in [0.2, 0.25) is 5.91 Å². The molecular weight excluding hydrogens is 168 g/mol. The van der Waals surface area contributed by atoms with Gasteiger partial charge in [0, 0.05) is 0 Å². The second kappa shape index (κ2) is 4.02. The van der Waals surface area contributed by atoms with Gasteiger partial charge in [0.05, 0.1) is 6.04 Å². The van der Waals surface area contributed by atoms with Crippen LogP contribution in [0.5, 0.6) is 0 Å². The van der Waals surface area contributed by atoms with Gasteiger partial charge in [-0.1, -0.05) is 30.3 Å². The van der Waals surface area contributed by atoms with Crippen LogP contribution in [0.4, 0.5) is 0 Å². The number of nitrogens with two attached hydrogens (primary N) is 2. The lowest BCUT2D eigenvalue weighted by Gasteiger charge is -2.15. The molecule has 0 aliphatic carbocycles. The third-order valence-electron chi connectivity index (χ3n) is 1.82. The SMILES string of the molecule is NC(=O)[C@@H](O)[C@@H](N)c1ccccc1. The molecule has 4 nitrogen and oxygen atoms in total. The summed E-state index contributed by atoms with van der Waals surface area (Å²) in [6.07, 6.45) is -1.33. The monoisotopic (exact) mass is 180 g/mol. The molecule has 2 atom stereocenters. The summed E-state index contributed by atoms with van der Waals surface area (Å²) in [5.74, 6) is -0.809. The minimum Gasteiger partial charge on any atom is -0.381 e. The van der Waals surface area contributed by atoms with Crippen LogP contribution in [0.15, 0.2) is 30.3 Å². The molecule has 0 saturated carbocycles. The summed E-state index contributed by atoms with van der Waals surface area (Å²) in [5.41, 5.74) is 11.2. The van der Waals surface area contributed by atoms with Gasteiger partial charge in [-0.3, -0.25) is 4.79 Å². The van der Waals surface area contributed by atoms with E-state index in [0.717, 1.165) is 0 Å². The lowest BCUT2D eigenvalue weighted by Crippen LogP contribution is -2.37. The number of carbonyl (C=O) groups excluding carboxylic acids is 1. The minimum atomic E-state index is -1.33. The molecule has 0 aliphatic rings. The van der Waals surface area contributed by atoms with Gasteiger partial charge in [-0.15, -0.1) is 0 Å². The zero-order valence-electron chi connectivity index (χ0n) is 7.05. The number of hydrogen-bond acceptors (Lipinski definition) is 3. The van der Waals surface area contributed by atoms with Crippen molar-refractivity contribution in [3.05, 3.63) is 35.9 Å². The van der Waals surface area contributed by atoms with E-state index in [0.29, 0.717) is 5.56 Å². The molecule has 1 aromatic rings. The van der Waals surface area contributed by atoms with Crippen LogP contribution in [0.3, 0.4) is 0 Å². The number of rotatable bonds is 3. The van der Waals surface area contributed by atoms with Gasteiger partial charge in [0.15, 0.2) is 6.10 Å². The van der Waals surface area contributed by atoms with Crippen LogP contribution < -0.4 is 11.5 Å². The Morgan fingerprint density at radius 1 is 1.31 bits per heavy atom. The summed E-state index contributed by atoms with van der Waals surface area (Å²) in [5, 5.41) is 9.25. The molecular formula is C9H12N2O2. The largest absolute Gasteiger partial charge is 0.381 e. The van der Waals surface area contributed by atoms with Crippen LogP contribution in [0.2, 0.25) is 0 Å². The van der Waals surface area contributed by atoms with Crippen molar-refractivity contribution in [2.24, 2.45) is 11.5 Å². The molecule has 0 heterocycles. The van der Waals surface area contributed by atoms with Crippen LogP contribution in [0.25, 0.3) is 0 Å². The highest BCUT2D eigenvalue weighted by molar-refractivity contribution is 5.79. The van der Waals surface area contributed by atoms with Crippen molar-refractivity contribution < 1.29 is 9.90 Å². The van der Waals surface area contributed by atoms with Crippen molar-refractivity contribution in [2.75, 3.05) is 0 Å². The fourth-order valence-corrected chi connectivity index (χ4v) is 1.03. The number of hydrogen-bond donors (Lipinski definition) is 3. The molecule has 0 fully saturated rings. The van der Waals surface area contributed by atoms with Crippen molar-refractivity contribution >= 4 is 5.91 Å². The third-order valence-corrected chi connectivity index (χ3v) is 1.82. The summed E-state index contributed by atoms with van der Waals surface area (Å²) in [6.45, 7) is 0. The highest BCUT2D eigenvalue weighted by atomic mass is 16.3. The Labute approximate surface area is 76.2 Å². The maximum Gasteiger partial charge on any atom is 0.248 e. The van der Waals surface area contributed by atoms with Gasteiger partial charge < -0.3 is 16.6 Å². The standard InChI is InChI=1S/C9H12N2O2/c10-7(8(12)9(11)13)6-4-2-1-3-5-6/h1-5,7-8,12H,10H2,(H2,11,13)/t7-,8-/m0/s1. The Morgan fingerprint density at radius 2 is 1.85 bits per heavy atom. The number of amides is 1. The van der Waals surface area contributed by atoms with Gasteiger partial charge in [0.1, 0.15) is 0 Å². The first-order valence-electron chi connectivity index (χ1n) is 3.91. The molecule has 0 radical (unpaired) electrons. The lowest BCUT2D eigenvalue weighted by molar-refractivity contribution is -0.127. The predicted octanol–water partition coefficient (Wildman–Crippen LogP) is -0.467. The second-order valence-electron chi connectivity index (χ2n) is 2.78. The first kappa shape index (κ1) is 9.70. The van der Waals surface area contributed by atoms with E-state index in [1.807, 2.05) is 6.07 Å². The second-order valence-corrected chi connectivity index (χ2v) is 2.78. The van der Waals surface area contributed by atoms with Gasteiger partial charge in [-0.05, 0) is 5.56 Å². The molecule has 0 spiro atoms. The van der Waals surface area contributed by atoms with Crippen molar-refractivity contribution in [3.8, 4) is 0 Å². The Hall–Kier alpha value is -1.39. The molecule has 0 aromatic heterocycles. The fourth-order valence-electron chi connectivity index (χ4n) is 1.03. The van der Waals surface area contributed by atoms with E-state index in [4.69, 9.17) is 11.5 Å². The first-order valence-corrected chi connectivity index (χ1v) is 3.91. The summed E-state index contributed by atoms with van der Waals surface area (Å²) >= 11 is 0. The van der Waals surface area contributed by atoms with Crippen LogP contribution in [-0.4, -0.2) is 17.1 Å². The highest BCUT2D eigenvalue weighted by Crippen LogP contribution is 2.12. The quantitative estimate of drug-likeness (QED) is 0.587. The lowest BCUT2D eigenvalue weighted by atomic mass is 10.0. The van der Waals surface area contributed by atoms with E-state index in [1.54, 1.807) is 24.3 Å². The van der Waals surface area contributed by atoms with E-state index in [1.165, 1.54) is 0 Å². The first-order chi connectivity index (χ1) is 6.13. The van der Waals surface area contributed by atoms with E-state index >= 15 is 0 Å². The fraction of sp³-hybridized carbons (Fsp3) is 0.222. The molecule has 13 heavy (non-hydrogen) atoms. The molecule has 0 saturated heterocycles. The summed E-state index contributed by atoms with van der Waals surface area (Å²) < 4.78 is 0. The number of aliphatic hydroxyl groups is 1. The number of primary amides is 1. The number of aliphatic hydroxyl groups excluding tert-OH is 1. The molecule has 1 aromatic carbocycles. The average molecular weight is 180 g/mol. The van der Waals surface area contributed by atoms with Crippen molar-refractivity contribution in [3.63, 3.8) is 0 Å². The molecule has 0 unspecified atom stereocenters. The number of benzene rings is 1. The average Bonchev–Trinajstić information content (AvgIpc) is 2.17. The third kappa shape index (κ3) is 2.27. The Bertz CT molecular complexity index is 287. The van der Waals surface area contributed by atoms with E-state index in [2.05, 4.69) is 0 Å². The molecule has 0 aliphatic heterocycles. The number of carbonyl (C=O) groups is 1. The van der Waals surface area contributed by atoms with Gasteiger partial charge in [-0.25, -0.2) is 0 Å². The maximum absolute atomic E-state index is 10.6. The molecule has 0 bridgehead atoms. The van der Waals surface area contributed by atoms with Crippen molar-refractivity contribution in [1.29, 1.82) is 0 Å². The van der Waals surface area contributed by atoms with Crippen LogP contribution in [0, 0.1) is 0 Å². The summed E-state index contributed by atoms with van der Waals surface area (Å²) in [6, 6.07) is 8.10. The summed E-state index contributed by atoms with van der Waals surface area (Å²) in [7, 11) is 0. The topological polar surface area (TPSA) is 89.3 Å². The van der Waals surface area contributed by atoms with Gasteiger partial charge >= 0.3 is 0 Å². The summed E-state index contributed by atoms with van der Waals surface area (Å²) in [4.78, 5) is 10.6. The van der Waals surface area contributed by atoms with Crippen molar-refractivity contribution in [1.82, 2.24) is 0 Å². The van der Waals surface area contributed by atoms with Crippen molar-refractivity contribution in [2.45, 2.75) is 12.1 Å². The molecule has 5 N–H and O–H groups in total.